The average molecular weight is 732 g/mol. The van der Waals surface area contributed by atoms with Crippen LogP contribution in [0.25, 0.3) is 0 Å². The summed E-state index contributed by atoms with van der Waals surface area (Å²) >= 11 is 0. The molecule has 0 spiro atoms. The second kappa shape index (κ2) is 32.6. The van der Waals surface area contributed by atoms with Crippen LogP contribution < -0.4 is 5.32 Å². The van der Waals surface area contributed by atoms with Gasteiger partial charge in [-0.2, -0.15) is 0 Å². The third-order valence-electron chi connectivity index (χ3n) is 10.6. The molecule has 10 heteroatoms. The van der Waals surface area contributed by atoms with Gasteiger partial charge in [0.1, 0.15) is 30.5 Å². The van der Waals surface area contributed by atoms with Crippen LogP contribution in [0.4, 0.5) is 0 Å². The molecule has 51 heavy (non-hydrogen) atoms. The van der Waals surface area contributed by atoms with E-state index in [1.165, 1.54) is 128 Å². The lowest BCUT2D eigenvalue weighted by Gasteiger charge is -2.40. The molecule has 0 aromatic heterocycles. The summed E-state index contributed by atoms with van der Waals surface area (Å²) in [6.07, 6.45) is 22.9. The van der Waals surface area contributed by atoms with E-state index in [0.717, 1.165) is 38.5 Å². The number of hydrogen-bond acceptors (Lipinski definition) is 9. The third-order valence-corrected chi connectivity index (χ3v) is 10.6. The molecule has 10 nitrogen and oxygen atoms in total. The molecule has 304 valence electrons. The molecular formula is C41H81NO9. The lowest BCUT2D eigenvalue weighted by atomic mass is 9.99. The summed E-state index contributed by atoms with van der Waals surface area (Å²) in [5.41, 5.74) is 0. The maximum absolute atomic E-state index is 13.0. The Morgan fingerprint density at radius 2 is 0.980 bits per heavy atom. The largest absolute Gasteiger partial charge is 0.394 e. The number of ether oxygens (including phenoxy) is 2. The summed E-state index contributed by atoms with van der Waals surface area (Å²) < 4.78 is 11.2. The zero-order valence-corrected chi connectivity index (χ0v) is 32.7. The molecule has 1 heterocycles. The highest BCUT2D eigenvalue weighted by atomic mass is 16.7. The molecule has 0 aliphatic carbocycles. The number of aliphatic hydroxyl groups excluding tert-OH is 6. The maximum Gasteiger partial charge on any atom is 0.249 e. The van der Waals surface area contributed by atoms with E-state index in [-0.39, 0.29) is 6.61 Å². The van der Waals surface area contributed by atoms with Gasteiger partial charge < -0.3 is 45.4 Å². The van der Waals surface area contributed by atoms with E-state index in [2.05, 4.69) is 19.2 Å². The molecule has 8 atom stereocenters. The van der Waals surface area contributed by atoms with Crippen molar-refractivity contribution in [2.75, 3.05) is 13.2 Å². The van der Waals surface area contributed by atoms with Crippen molar-refractivity contribution in [3.63, 3.8) is 0 Å². The second-order valence-corrected chi connectivity index (χ2v) is 15.3. The van der Waals surface area contributed by atoms with E-state index in [1.54, 1.807) is 0 Å². The highest BCUT2D eigenvalue weighted by Crippen LogP contribution is 2.23. The molecule has 7 N–H and O–H groups in total. The van der Waals surface area contributed by atoms with Crippen LogP contribution in [0.2, 0.25) is 0 Å². The van der Waals surface area contributed by atoms with E-state index in [1.807, 2.05) is 0 Å². The number of amides is 1. The summed E-state index contributed by atoms with van der Waals surface area (Å²) in [6.45, 7) is 3.65. The van der Waals surface area contributed by atoms with Crippen molar-refractivity contribution in [2.45, 2.75) is 243 Å². The van der Waals surface area contributed by atoms with Gasteiger partial charge in [-0.05, 0) is 12.8 Å². The summed E-state index contributed by atoms with van der Waals surface area (Å²) in [4.78, 5) is 13.0. The normalized spacial score (nSPS) is 22.5. The molecule has 8 unspecified atom stereocenters. The first-order chi connectivity index (χ1) is 24.8. The zero-order chi connectivity index (χ0) is 37.5. The van der Waals surface area contributed by atoms with Crippen LogP contribution >= 0.6 is 0 Å². The van der Waals surface area contributed by atoms with Crippen molar-refractivity contribution in [1.82, 2.24) is 5.32 Å². The van der Waals surface area contributed by atoms with E-state index < -0.39 is 61.5 Å². The number of carbonyl (C=O) groups is 1. The molecule has 0 aromatic carbocycles. The molecule has 1 amide bonds. The van der Waals surface area contributed by atoms with Gasteiger partial charge in [-0.1, -0.05) is 181 Å². The third kappa shape index (κ3) is 23.5. The number of aliphatic hydroxyl groups is 6. The minimum atomic E-state index is -1.59. The first-order valence-electron chi connectivity index (χ1n) is 21.3. The van der Waals surface area contributed by atoms with E-state index in [4.69, 9.17) is 9.47 Å². The summed E-state index contributed by atoms with van der Waals surface area (Å²) in [5.74, 6) is -0.583. The fraction of sp³-hybridized carbons (Fsp3) is 0.976. The zero-order valence-electron chi connectivity index (χ0n) is 32.7. The van der Waals surface area contributed by atoms with Gasteiger partial charge in [-0.25, -0.2) is 0 Å². The molecule has 0 saturated carbocycles. The highest BCUT2D eigenvalue weighted by molar-refractivity contribution is 5.80. The van der Waals surface area contributed by atoms with Crippen LogP contribution in [0.1, 0.15) is 194 Å². The van der Waals surface area contributed by atoms with Crippen LogP contribution in [0.3, 0.4) is 0 Å². The molecule has 0 radical (unpaired) electrons. The van der Waals surface area contributed by atoms with Gasteiger partial charge in [-0.15, -0.1) is 0 Å². The van der Waals surface area contributed by atoms with Gasteiger partial charge in [0.05, 0.1) is 25.4 Å². The Hall–Kier alpha value is -0.850. The maximum atomic E-state index is 13.0. The van der Waals surface area contributed by atoms with Gasteiger partial charge in [-0.3, -0.25) is 4.79 Å². The van der Waals surface area contributed by atoms with Crippen molar-refractivity contribution in [2.24, 2.45) is 0 Å². The van der Waals surface area contributed by atoms with Crippen LogP contribution in [0.15, 0.2) is 0 Å². The van der Waals surface area contributed by atoms with Crippen LogP contribution in [-0.2, 0) is 14.3 Å². The smallest absolute Gasteiger partial charge is 0.249 e. The molecule has 0 bridgehead atoms. The fourth-order valence-corrected chi connectivity index (χ4v) is 6.99. The Bertz CT molecular complexity index is 788. The topological polar surface area (TPSA) is 169 Å². The second-order valence-electron chi connectivity index (χ2n) is 15.3. The van der Waals surface area contributed by atoms with Crippen LogP contribution in [0, 0.1) is 0 Å². The lowest BCUT2D eigenvalue weighted by Crippen LogP contribution is -2.60. The number of hydrogen-bond donors (Lipinski definition) is 7. The lowest BCUT2D eigenvalue weighted by molar-refractivity contribution is -0.302. The minimum Gasteiger partial charge on any atom is -0.394 e. The molecule has 1 rings (SSSR count). The van der Waals surface area contributed by atoms with Crippen molar-refractivity contribution >= 4 is 5.91 Å². The molecule has 1 aliphatic heterocycles. The van der Waals surface area contributed by atoms with Gasteiger partial charge >= 0.3 is 0 Å². The van der Waals surface area contributed by atoms with Crippen molar-refractivity contribution in [3.05, 3.63) is 0 Å². The molecule has 1 saturated heterocycles. The Labute approximate surface area is 311 Å². The van der Waals surface area contributed by atoms with E-state index in [0.29, 0.717) is 12.8 Å². The Morgan fingerprint density at radius 3 is 1.39 bits per heavy atom. The first kappa shape index (κ1) is 48.2. The van der Waals surface area contributed by atoms with Crippen LogP contribution in [0.5, 0.6) is 0 Å². The molecule has 1 aliphatic rings. The van der Waals surface area contributed by atoms with Crippen LogP contribution in [-0.4, -0.2) is 98.7 Å². The van der Waals surface area contributed by atoms with Crippen molar-refractivity contribution < 1.29 is 44.9 Å². The summed E-state index contributed by atoms with van der Waals surface area (Å²) in [7, 11) is 0. The Balaban J connectivity index is 2.43. The molecular weight excluding hydrogens is 650 g/mol. The number of unbranched alkanes of at least 4 members (excludes halogenated alkanes) is 24. The first-order valence-corrected chi connectivity index (χ1v) is 21.3. The standard InChI is InChI=1S/C41H81NO9/c1-3-5-7-9-11-13-15-16-17-18-20-21-23-25-27-29-34(44)33(32-50-41-39(48)38(47)37(46)36(31-43)51-41)42-40(49)35(45)30-28-26-24-22-19-14-12-10-8-6-4-2/h33-39,41,43-48H,3-32H2,1-2H3,(H,42,49). The van der Waals surface area contributed by atoms with Crippen molar-refractivity contribution in [3.8, 4) is 0 Å². The quantitative estimate of drug-likeness (QED) is 0.0341. The summed E-state index contributed by atoms with van der Waals surface area (Å²) in [5, 5.41) is 64.6. The van der Waals surface area contributed by atoms with E-state index in [9.17, 15) is 35.4 Å². The number of rotatable bonds is 35. The number of nitrogens with one attached hydrogen (secondary N) is 1. The Morgan fingerprint density at radius 1 is 0.588 bits per heavy atom. The number of carbonyl (C=O) groups excluding carboxylic acids is 1. The Kier molecular flexibility index (Phi) is 30.8. The molecule has 1 fully saturated rings. The van der Waals surface area contributed by atoms with Gasteiger partial charge in [0, 0.05) is 0 Å². The molecule has 0 aromatic rings. The van der Waals surface area contributed by atoms with E-state index >= 15 is 0 Å². The monoisotopic (exact) mass is 732 g/mol. The van der Waals surface area contributed by atoms with Gasteiger partial charge in [0.15, 0.2) is 6.29 Å². The summed E-state index contributed by atoms with van der Waals surface area (Å²) in [6, 6.07) is -0.886. The average Bonchev–Trinajstić information content (AvgIpc) is 3.13. The van der Waals surface area contributed by atoms with Gasteiger partial charge in [0.25, 0.3) is 0 Å². The highest BCUT2D eigenvalue weighted by Gasteiger charge is 2.44. The predicted molar refractivity (Wildman–Crippen MR) is 204 cm³/mol. The SMILES string of the molecule is CCCCCCCCCCCCCCCCCC(O)C(COC1OC(CO)C(O)C(O)C1O)NC(=O)C(O)CCCCCCCCCCCCC. The van der Waals surface area contributed by atoms with Gasteiger partial charge in [0.2, 0.25) is 5.91 Å². The van der Waals surface area contributed by atoms with Crippen molar-refractivity contribution in [1.29, 1.82) is 0 Å². The minimum absolute atomic E-state index is 0.250. The fourth-order valence-electron chi connectivity index (χ4n) is 6.99. The predicted octanol–water partition coefficient (Wildman–Crippen LogP) is 6.97.